The first kappa shape index (κ1) is 12.4. The van der Waals surface area contributed by atoms with Crippen LogP contribution in [0.5, 0.6) is 5.75 Å². The first-order valence-corrected chi connectivity index (χ1v) is 6.56. The van der Waals surface area contributed by atoms with E-state index in [1.54, 1.807) is 18.4 Å². The predicted octanol–water partition coefficient (Wildman–Crippen LogP) is 3.72. The third-order valence-corrected chi connectivity index (χ3v) is 3.85. The SMILES string of the molecule is CNC(c1ccc(Cl)cc1)c1sccc1OC. The first-order valence-electron chi connectivity index (χ1n) is 5.30. The molecule has 1 atom stereocenters. The topological polar surface area (TPSA) is 21.3 Å². The lowest BCUT2D eigenvalue weighted by Gasteiger charge is -2.16. The number of thiophene rings is 1. The van der Waals surface area contributed by atoms with Crippen LogP contribution in [0.15, 0.2) is 35.7 Å². The molecule has 0 aliphatic heterocycles. The van der Waals surface area contributed by atoms with Gasteiger partial charge in [-0.15, -0.1) is 11.3 Å². The Morgan fingerprint density at radius 3 is 2.53 bits per heavy atom. The zero-order chi connectivity index (χ0) is 12.3. The monoisotopic (exact) mass is 267 g/mol. The summed E-state index contributed by atoms with van der Waals surface area (Å²) in [5, 5.41) is 6.09. The molecular formula is C13H14ClNOS. The molecular weight excluding hydrogens is 254 g/mol. The van der Waals surface area contributed by atoms with Gasteiger partial charge in [0.1, 0.15) is 5.75 Å². The van der Waals surface area contributed by atoms with E-state index >= 15 is 0 Å². The van der Waals surface area contributed by atoms with Gasteiger partial charge in [0.25, 0.3) is 0 Å². The van der Waals surface area contributed by atoms with Gasteiger partial charge in [0.05, 0.1) is 18.0 Å². The Bertz CT molecular complexity index is 480. The molecule has 1 unspecified atom stereocenters. The van der Waals surface area contributed by atoms with E-state index in [1.807, 2.05) is 42.8 Å². The second-order valence-electron chi connectivity index (χ2n) is 3.63. The van der Waals surface area contributed by atoms with Gasteiger partial charge < -0.3 is 10.1 Å². The van der Waals surface area contributed by atoms with Crippen molar-refractivity contribution in [2.75, 3.05) is 14.2 Å². The highest BCUT2D eigenvalue weighted by Crippen LogP contribution is 2.34. The minimum Gasteiger partial charge on any atom is -0.496 e. The van der Waals surface area contributed by atoms with Crippen molar-refractivity contribution in [2.24, 2.45) is 0 Å². The zero-order valence-electron chi connectivity index (χ0n) is 9.74. The number of ether oxygens (including phenoxy) is 1. The van der Waals surface area contributed by atoms with Gasteiger partial charge in [-0.2, -0.15) is 0 Å². The van der Waals surface area contributed by atoms with Gasteiger partial charge >= 0.3 is 0 Å². The van der Waals surface area contributed by atoms with Crippen molar-refractivity contribution in [3.05, 3.63) is 51.2 Å². The van der Waals surface area contributed by atoms with Crippen molar-refractivity contribution in [3.63, 3.8) is 0 Å². The van der Waals surface area contributed by atoms with Crippen LogP contribution in [0.25, 0.3) is 0 Å². The van der Waals surface area contributed by atoms with Crippen LogP contribution in [0, 0.1) is 0 Å². The average molecular weight is 268 g/mol. The molecule has 1 aromatic heterocycles. The average Bonchev–Trinajstić information content (AvgIpc) is 2.81. The van der Waals surface area contributed by atoms with E-state index in [4.69, 9.17) is 16.3 Å². The minimum atomic E-state index is 0.141. The summed E-state index contributed by atoms with van der Waals surface area (Å²) in [7, 11) is 3.64. The summed E-state index contributed by atoms with van der Waals surface area (Å²) >= 11 is 7.59. The smallest absolute Gasteiger partial charge is 0.134 e. The summed E-state index contributed by atoms with van der Waals surface area (Å²) in [5.74, 6) is 0.921. The Morgan fingerprint density at radius 1 is 1.24 bits per heavy atom. The number of nitrogens with one attached hydrogen (secondary N) is 1. The zero-order valence-corrected chi connectivity index (χ0v) is 11.3. The summed E-state index contributed by atoms with van der Waals surface area (Å²) in [5.41, 5.74) is 1.18. The maximum atomic E-state index is 5.90. The van der Waals surface area contributed by atoms with Crippen LogP contribution in [0.4, 0.5) is 0 Å². The van der Waals surface area contributed by atoms with Crippen LogP contribution in [0.1, 0.15) is 16.5 Å². The molecule has 2 rings (SSSR count). The van der Waals surface area contributed by atoms with Gasteiger partial charge in [0, 0.05) is 5.02 Å². The fourth-order valence-electron chi connectivity index (χ4n) is 1.79. The molecule has 2 nitrogen and oxygen atoms in total. The van der Waals surface area contributed by atoms with Crippen LogP contribution in [-0.2, 0) is 0 Å². The van der Waals surface area contributed by atoms with Crippen LogP contribution in [0.2, 0.25) is 5.02 Å². The van der Waals surface area contributed by atoms with Crippen LogP contribution in [-0.4, -0.2) is 14.2 Å². The van der Waals surface area contributed by atoms with Crippen molar-refractivity contribution in [2.45, 2.75) is 6.04 Å². The lowest BCUT2D eigenvalue weighted by Crippen LogP contribution is -2.16. The van der Waals surface area contributed by atoms with Gasteiger partial charge in [-0.25, -0.2) is 0 Å². The maximum absolute atomic E-state index is 5.90. The number of hydrogen-bond donors (Lipinski definition) is 1. The fraction of sp³-hybridized carbons (Fsp3) is 0.231. The van der Waals surface area contributed by atoms with Crippen molar-refractivity contribution in [3.8, 4) is 5.75 Å². The van der Waals surface area contributed by atoms with E-state index in [2.05, 4.69) is 5.32 Å². The Kier molecular flexibility index (Phi) is 4.05. The van der Waals surface area contributed by atoms with Crippen LogP contribution in [0.3, 0.4) is 0 Å². The highest BCUT2D eigenvalue weighted by atomic mass is 35.5. The standard InChI is InChI=1S/C13H14ClNOS/c1-15-12(9-3-5-10(14)6-4-9)13-11(16-2)7-8-17-13/h3-8,12,15H,1-2H3. The van der Waals surface area contributed by atoms with E-state index in [-0.39, 0.29) is 6.04 Å². The molecule has 0 radical (unpaired) electrons. The Hall–Kier alpha value is -1.03. The minimum absolute atomic E-state index is 0.141. The summed E-state index contributed by atoms with van der Waals surface area (Å²) in [6, 6.07) is 10.00. The lowest BCUT2D eigenvalue weighted by molar-refractivity contribution is 0.408. The van der Waals surface area contributed by atoms with Crippen LogP contribution >= 0.6 is 22.9 Å². The molecule has 4 heteroatoms. The number of rotatable bonds is 4. The van der Waals surface area contributed by atoms with Crippen molar-refractivity contribution < 1.29 is 4.74 Å². The molecule has 0 bridgehead atoms. The van der Waals surface area contributed by atoms with Crippen molar-refractivity contribution in [1.82, 2.24) is 5.32 Å². The molecule has 90 valence electrons. The third kappa shape index (κ3) is 2.63. The second-order valence-corrected chi connectivity index (χ2v) is 5.01. The molecule has 1 N–H and O–H groups in total. The van der Waals surface area contributed by atoms with Gasteiger partial charge in [-0.05, 0) is 36.2 Å². The molecule has 0 fully saturated rings. The quantitative estimate of drug-likeness (QED) is 0.912. The molecule has 1 heterocycles. The maximum Gasteiger partial charge on any atom is 0.134 e. The molecule has 17 heavy (non-hydrogen) atoms. The number of halogens is 1. The third-order valence-electron chi connectivity index (χ3n) is 2.63. The Morgan fingerprint density at radius 2 is 1.94 bits per heavy atom. The summed E-state index contributed by atoms with van der Waals surface area (Å²) < 4.78 is 5.36. The second kappa shape index (κ2) is 5.54. The van der Waals surface area contributed by atoms with Gasteiger partial charge in [0.2, 0.25) is 0 Å². The normalized spacial score (nSPS) is 12.4. The van der Waals surface area contributed by atoms with E-state index in [9.17, 15) is 0 Å². The van der Waals surface area contributed by atoms with Gasteiger partial charge in [-0.1, -0.05) is 23.7 Å². The largest absolute Gasteiger partial charge is 0.496 e. The van der Waals surface area contributed by atoms with Crippen molar-refractivity contribution in [1.29, 1.82) is 0 Å². The molecule has 0 spiro atoms. The molecule has 2 aromatic rings. The molecule has 0 amide bonds. The molecule has 0 aliphatic carbocycles. The summed E-state index contributed by atoms with van der Waals surface area (Å²) in [6.07, 6.45) is 0. The number of methoxy groups -OCH3 is 1. The van der Waals surface area contributed by atoms with Gasteiger partial charge in [-0.3, -0.25) is 0 Å². The van der Waals surface area contributed by atoms with Gasteiger partial charge in [0.15, 0.2) is 0 Å². The predicted molar refractivity (Wildman–Crippen MR) is 73.2 cm³/mol. The molecule has 1 aromatic carbocycles. The number of hydrogen-bond acceptors (Lipinski definition) is 3. The summed E-state index contributed by atoms with van der Waals surface area (Å²) in [6.45, 7) is 0. The highest BCUT2D eigenvalue weighted by Gasteiger charge is 2.17. The fourth-order valence-corrected chi connectivity index (χ4v) is 2.91. The number of benzene rings is 1. The van der Waals surface area contributed by atoms with E-state index in [1.165, 1.54) is 10.4 Å². The van der Waals surface area contributed by atoms with E-state index in [0.717, 1.165) is 10.8 Å². The Labute approximate surface area is 110 Å². The lowest BCUT2D eigenvalue weighted by atomic mass is 10.1. The Balaban J connectivity index is 2.36. The van der Waals surface area contributed by atoms with Crippen LogP contribution < -0.4 is 10.1 Å². The highest BCUT2D eigenvalue weighted by molar-refractivity contribution is 7.10. The molecule has 0 saturated carbocycles. The van der Waals surface area contributed by atoms with E-state index in [0.29, 0.717) is 0 Å². The first-order chi connectivity index (χ1) is 8.26. The van der Waals surface area contributed by atoms with Crippen molar-refractivity contribution >= 4 is 22.9 Å². The summed E-state index contributed by atoms with van der Waals surface area (Å²) in [4.78, 5) is 1.18. The van der Waals surface area contributed by atoms with E-state index < -0.39 is 0 Å². The molecule has 0 saturated heterocycles. The molecule has 0 aliphatic rings.